The van der Waals surface area contributed by atoms with Gasteiger partial charge in [-0.15, -0.1) is 0 Å². The van der Waals surface area contributed by atoms with Crippen molar-refractivity contribution in [3.8, 4) is 11.1 Å². The Balaban J connectivity index is 2.37. The molecule has 0 saturated heterocycles. The van der Waals surface area contributed by atoms with Gasteiger partial charge in [0.25, 0.3) is 5.56 Å². The van der Waals surface area contributed by atoms with Gasteiger partial charge in [-0.05, 0) is 36.1 Å². The van der Waals surface area contributed by atoms with Crippen molar-refractivity contribution in [2.24, 2.45) is 0 Å². The Labute approximate surface area is 101 Å². The third-order valence-corrected chi connectivity index (χ3v) is 3.40. The molecule has 3 rings (SSSR count). The second-order valence-corrected chi connectivity index (χ2v) is 4.77. The first-order chi connectivity index (χ1) is 7.75. The minimum atomic E-state index is -0.0518. The lowest BCUT2D eigenvalue weighted by molar-refractivity contribution is 0.874. The van der Waals surface area contributed by atoms with E-state index >= 15 is 0 Å². The highest BCUT2D eigenvalue weighted by atomic mass is 79.9. The molecule has 80 valence electrons. The number of rotatable bonds is 0. The van der Waals surface area contributed by atoms with Crippen LogP contribution in [0.2, 0.25) is 0 Å². The van der Waals surface area contributed by atoms with Gasteiger partial charge < -0.3 is 4.98 Å². The molecule has 1 aliphatic rings. The maximum absolute atomic E-state index is 11.8. The molecule has 0 bridgehead atoms. The number of aromatic amines is 1. The highest BCUT2D eigenvalue weighted by Gasteiger charge is 2.19. The van der Waals surface area contributed by atoms with Gasteiger partial charge in [0.1, 0.15) is 0 Å². The largest absolute Gasteiger partial charge is 0.313 e. The lowest BCUT2D eigenvalue weighted by Crippen LogP contribution is -2.18. The summed E-state index contributed by atoms with van der Waals surface area (Å²) >= 11 is 3.43. The van der Waals surface area contributed by atoms with Gasteiger partial charge in [-0.1, -0.05) is 22.0 Å². The van der Waals surface area contributed by atoms with Crippen LogP contribution in [0.4, 0.5) is 0 Å². The maximum atomic E-state index is 11.8. The first kappa shape index (κ1) is 9.78. The van der Waals surface area contributed by atoms with Crippen LogP contribution in [0.25, 0.3) is 11.1 Å². The molecule has 0 spiro atoms. The number of benzene rings is 1. The van der Waals surface area contributed by atoms with Crippen molar-refractivity contribution in [2.45, 2.75) is 12.8 Å². The Kier molecular flexibility index (Phi) is 2.17. The first-order valence-corrected chi connectivity index (χ1v) is 5.90. The maximum Gasteiger partial charge on any atom is 0.258 e. The highest BCUT2D eigenvalue weighted by Crippen LogP contribution is 2.31. The van der Waals surface area contributed by atoms with Gasteiger partial charge >= 0.3 is 0 Å². The lowest BCUT2D eigenvalue weighted by Gasteiger charge is -2.17. The molecule has 1 aliphatic carbocycles. The molecule has 4 heteroatoms. The van der Waals surface area contributed by atoms with E-state index in [2.05, 4.69) is 32.0 Å². The van der Waals surface area contributed by atoms with Crippen LogP contribution < -0.4 is 5.56 Å². The van der Waals surface area contributed by atoms with Crippen molar-refractivity contribution in [1.29, 1.82) is 0 Å². The van der Waals surface area contributed by atoms with Crippen LogP contribution in [0.1, 0.15) is 11.3 Å². The number of nitrogens with one attached hydrogen (secondary N) is 1. The van der Waals surface area contributed by atoms with E-state index in [-0.39, 0.29) is 5.56 Å². The van der Waals surface area contributed by atoms with E-state index in [0.29, 0.717) is 0 Å². The molecule has 1 aromatic heterocycles. The number of hydrogen-bond donors (Lipinski definition) is 1. The highest BCUT2D eigenvalue weighted by molar-refractivity contribution is 9.10. The van der Waals surface area contributed by atoms with Crippen LogP contribution in [-0.2, 0) is 12.8 Å². The van der Waals surface area contributed by atoms with E-state index in [1.165, 1.54) is 11.9 Å². The van der Waals surface area contributed by atoms with Gasteiger partial charge in [0.05, 0.1) is 17.6 Å². The molecule has 16 heavy (non-hydrogen) atoms. The van der Waals surface area contributed by atoms with Gasteiger partial charge in [0.15, 0.2) is 0 Å². The van der Waals surface area contributed by atoms with E-state index in [1.807, 2.05) is 12.1 Å². The van der Waals surface area contributed by atoms with Gasteiger partial charge in [0.2, 0.25) is 0 Å². The molecule has 0 fully saturated rings. The molecule has 0 saturated carbocycles. The van der Waals surface area contributed by atoms with Crippen molar-refractivity contribution in [3.63, 3.8) is 0 Å². The van der Waals surface area contributed by atoms with Crippen molar-refractivity contribution >= 4 is 15.9 Å². The van der Waals surface area contributed by atoms with Crippen molar-refractivity contribution < 1.29 is 0 Å². The number of fused-ring (bicyclic) bond motifs is 3. The molecule has 3 nitrogen and oxygen atoms in total. The molecule has 0 radical (unpaired) electrons. The smallest absolute Gasteiger partial charge is 0.258 e. The Morgan fingerprint density at radius 3 is 3.06 bits per heavy atom. The predicted molar refractivity (Wildman–Crippen MR) is 65.4 cm³/mol. The molecular weight excluding hydrogens is 268 g/mol. The summed E-state index contributed by atoms with van der Waals surface area (Å²) in [5, 5.41) is 0. The molecular formula is C12H9BrN2O. The quantitative estimate of drug-likeness (QED) is 0.803. The second-order valence-electron chi connectivity index (χ2n) is 3.85. The van der Waals surface area contributed by atoms with Crippen LogP contribution in [0.3, 0.4) is 0 Å². The molecule has 1 heterocycles. The van der Waals surface area contributed by atoms with Crippen LogP contribution in [0.15, 0.2) is 33.8 Å². The fourth-order valence-electron chi connectivity index (χ4n) is 2.16. The summed E-state index contributed by atoms with van der Waals surface area (Å²) in [7, 11) is 0. The van der Waals surface area contributed by atoms with E-state index in [4.69, 9.17) is 0 Å². The average molecular weight is 277 g/mol. The molecule has 2 aromatic rings. The zero-order valence-corrected chi connectivity index (χ0v) is 10.0. The number of nitrogens with zero attached hydrogens (tertiary/aromatic N) is 1. The second kappa shape index (κ2) is 3.56. The van der Waals surface area contributed by atoms with E-state index < -0.39 is 0 Å². The van der Waals surface area contributed by atoms with Gasteiger partial charge in [-0.25, -0.2) is 4.98 Å². The molecule has 0 aliphatic heterocycles. The molecule has 1 N–H and O–H groups in total. The Hall–Kier alpha value is -1.42. The number of hydrogen-bond acceptors (Lipinski definition) is 2. The summed E-state index contributed by atoms with van der Waals surface area (Å²) in [6.07, 6.45) is 3.27. The normalized spacial score (nSPS) is 13.1. The van der Waals surface area contributed by atoms with E-state index in [9.17, 15) is 4.79 Å². The summed E-state index contributed by atoms with van der Waals surface area (Å²) < 4.78 is 0.988. The Morgan fingerprint density at radius 2 is 2.19 bits per heavy atom. The molecule has 0 unspecified atom stereocenters. The predicted octanol–water partition coefficient (Wildman–Crippen LogP) is 2.30. The van der Waals surface area contributed by atoms with Crippen molar-refractivity contribution in [2.75, 3.05) is 0 Å². The van der Waals surface area contributed by atoms with E-state index in [0.717, 1.165) is 34.1 Å². The third kappa shape index (κ3) is 1.41. The van der Waals surface area contributed by atoms with Crippen LogP contribution in [0, 0.1) is 0 Å². The number of H-pyrrole nitrogens is 1. The lowest BCUT2D eigenvalue weighted by atomic mass is 9.89. The summed E-state index contributed by atoms with van der Waals surface area (Å²) in [4.78, 5) is 18.7. The zero-order valence-electron chi connectivity index (χ0n) is 8.46. The fourth-order valence-corrected chi connectivity index (χ4v) is 2.52. The number of halogens is 1. The molecule has 0 amide bonds. The standard InChI is InChI=1S/C12H9BrN2O/c13-8-3-1-7-2-4-10-11(9(7)5-8)12(16)15-6-14-10/h1,3,5-6H,2,4H2,(H,14,15,16). The van der Waals surface area contributed by atoms with Crippen molar-refractivity contribution in [1.82, 2.24) is 9.97 Å². The zero-order chi connectivity index (χ0) is 11.1. The van der Waals surface area contributed by atoms with Crippen LogP contribution in [0.5, 0.6) is 0 Å². The Morgan fingerprint density at radius 1 is 1.31 bits per heavy atom. The molecule has 1 aromatic carbocycles. The Bertz CT molecular complexity index is 619. The summed E-state index contributed by atoms with van der Waals surface area (Å²) in [5.74, 6) is 0. The van der Waals surface area contributed by atoms with Gasteiger partial charge in [0, 0.05) is 4.47 Å². The SMILES string of the molecule is O=c1[nH]cnc2c1-c1cc(Br)ccc1CC2. The topological polar surface area (TPSA) is 45.8 Å². The summed E-state index contributed by atoms with van der Waals surface area (Å²) in [6, 6.07) is 6.06. The van der Waals surface area contributed by atoms with Crippen LogP contribution >= 0.6 is 15.9 Å². The van der Waals surface area contributed by atoms with E-state index in [1.54, 1.807) is 0 Å². The van der Waals surface area contributed by atoms with Gasteiger partial charge in [-0.2, -0.15) is 0 Å². The summed E-state index contributed by atoms with van der Waals surface area (Å²) in [5.41, 5.74) is 3.79. The molecule has 0 atom stereocenters. The van der Waals surface area contributed by atoms with Crippen molar-refractivity contribution in [3.05, 3.63) is 50.6 Å². The third-order valence-electron chi connectivity index (χ3n) is 2.90. The average Bonchev–Trinajstić information content (AvgIpc) is 2.28. The van der Waals surface area contributed by atoms with Crippen LogP contribution in [-0.4, -0.2) is 9.97 Å². The summed E-state index contributed by atoms with van der Waals surface area (Å²) in [6.45, 7) is 0. The van der Waals surface area contributed by atoms with Gasteiger partial charge in [-0.3, -0.25) is 4.79 Å². The number of aryl methyl sites for hydroxylation is 2. The fraction of sp³-hybridized carbons (Fsp3) is 0.167. The first-order valence-electron chi connectivity index (χ1n) is 5.11. The monoisotopic (exact) mass is 276 g/mol. The number of aromatic nitrogens is 2. The minimum Gasteiger partial charge on any atom is -0.313 e. The minimum absolute atomic E-state index is 0.0518.